The molecule has 0 aromatic heterocycles. The fraction of sp³-hybridized carbons (Fsp3) is 0.625. The summed E-state index contributed by atoms with van der Waals surface area (Å²) in [6.45, 7) is 0. The van der Waals surface area contributed by atoms with Crippen LogP contribution in [-0.2, 0) is 11.2 Å². The molecule has 1 fully saturated rings. The second kappa shape index (κ2) is 6.88. The average Bonchev–Trinajstić information content (AvgIpc) is 2.68. The summed E-state index contributed by atoms with van der Waals surface area (Å²) in [5.74, 6) is -0.357. The minimum Gasteiger partial charge on any atom is -0.390 e. The minimum atomic E-state index is -0.617. The van der Waals surface area contributed by atoms with Crippen LogP contribution in [0.1, 0.15) is 44.1 Å². The van der Waals surface area contributed by atoms with Gasteiger partial charge < -0.3 is 9.84 Å². The Labute approximate surface area is 124 Å². The molecule has 1 unspecified atom stereocenters. The number of halogens is 2. The fourth-order valence-corrected chi connectivity index (χ4v) is 3.33. The largest absolute Gasteiger partial charge is 0.390 e. The Balaban J connectivity index is 2.13. The molecule has 1 aliphatic carbocycles. The van der Waals surface area contributed by atoms with E-state index in [4.69, 9.17) is 16.3 Å². The highest BCUT2D eigenvalue weighted by Gasteiger charge is 2.38. The summed E-state index contributed by atoms with van der Waals surface area (Å²) < 4.78 is 18.8. The summed E-state index contributed by atoms with van der Waals surface area (Å²) in [7, 11) is 1.67. The number of benzene rings is 1. The lowest BCUT2D eigenvalue weighted by Gasteiger charge is -2.36. The summed E-state index contributed by atoms with van der Waals surface area (Å²) in [6.07, 6.45) is 6.03. The molecule has 1 aromatic carbocycles. The van der Waals surface area contributed by atoms with Crippen molar-refractivity contribution in [3.63, 3.8) is 0 Å². The number of hydrogen-bond donors (Lipinski definition) is 1. The van der Waals surface area contributed by atoms with E-state index in [1.165, 1.54) is 25.0 Å². The first-order valence-electron chi connectivity index (χ1n) is 7.24. The van der Waals surface area contributed by atoms with Gasteiger partial charge in [-0.2, -0.15) is 0 Å². The van der Waals surface area contributed by atoms with E-state index in [9.17, 15) is 9.50 Å². The average molecular weight is 301 g/mol. The van der Waals surface area contributed by atoms with E-state index in [0.717, 1.165) is 31.2 Å². The Morgan fingerprint density at radius 2 is 1.95 bits per heavy atom. The van der Waals surface area contributed by atoms with Gasteiger partial charge in [-0.25, -0.2) is 4.39 Å². The molecule has 1 saturated carbocycles. The van der Waals surface area contributed by atoms with Gasteiger partial charge in [0.25, 0.3) is 0 Å². The molecule has 20 heavy (non-hydrogen) atoms. The first kappa shape index (κ1) is 15.7. The van der Waals surface area contributed by atoms with Crippen LogP contribution in [0.5, 0.6) is 0 Å². The van der Waals surface area contributed by atoms with Gasteiger partial charge in [0, 0.05) is 18.6 Å². The molecule has 4 heteroatoms. The third-order valence-electron chi connectivity index (χ3n) is 4.39. The number of rotatable bonds is 4. The van der Waals surface area contributed by atoms with Crippen LogP contribution < -0.4 is 0 Å². The lowest BCUT2D eigenvalue weighted by atomic mass is 9.85. The highest BCUT2D eigenvalue weighted by molar-refractivity contribution is 6.31. The summed E-state index contributed by atoms with van der Waals surface area (Å²) in [5, 5.41) is 11.0. The van der Waals surface area contributed by atoms with E-state index in [1.54, 1.807) is 13.2 Å². The Kier molecular flexibility index (Phi) is 5.42. The van der Waals surface area contributed by atoms with Gasteiger partial charge in [-0.1, -0.05) is 43.4 Å². The monoisotopic (exact) mass is 300 g/mol. The van der Waals surface area contributed by atoms with Gasteiger partial charge in [-0.15, -0.1) is 0 Å². The first-order chi connectivity index (χ1) is 9.57. The predicted octanol–water partition coefficient (Wildman–Crippen LogP) is 4.12. The number of ether oxygens (including phenoxy) is 1. The summed E-state index contributed by atoms with van der Waals surface area (Å²) >= 11 is 6.04. The molecule has 1 N–H and O–H groups in total. The van der Waals surface area contributed by atoms with E-state index >= 15 is 0 Å². The Hall–Kier alpha value is -0.640. The van der Waals surface area contributed by atoms with Crippen LogP contribution in [0.15, 0.2) is 18.2 Å². The molecule has 112 valence electrons. The van der Waals surface area contributed by atoms with Crippen molar-refractivity contribution < 1.29 is 14.2 Å². The molecule has 0 saturated heterocycles. The third kappa shape index (κ3) is 3.51. The van der Waals surface area contributed by atoms with Crippen molar-refractivity contribution in [2.75, 3.05) is 7.11 Å². The van der Waals surface area contributed by atoms with E-state index in [2.05, 4.69) is 0 Å². The molecule has 1 atom stereocenters. The van der Waals surface area contributed by atoms with Crippen molar-refractivity contribution in [3.8, 4) is 0 Å². The molecule has 0 spiro atoms. The van der Waals surface area contributed by atoms with Gasteiger partial charge in [0.15, 0.2) is 0 Å². The Bertz CT molecular complexity index is 442. The highest BCUT2D eigenvalue weighted by atomic mass is 35.5. The zero-order chi connectivity index (χ0) is 14.6. The smallest absolute Gasteiger partial charge is 0.124 e. The van der Waals surface area contributed by atoms with Crippen LogP contribution in [0.25, 0.3) is 0 Å². The molecule has 0 aliphatic heterocycles. The lowest BCUT2D eigenvalue weighted by Crippen LogP contribution is -2.45. The molecular weight excluding hydrogens is 279 g/mol. The second-order valence-electron chi connectivity index (χ2n) is 5.64. The number of aliphatic hydroxyl groups is 1. The Morgan fingerprint density at radius 3 is 2.50 bits per heavy atom. The normalized spacial score (nSPS) is 20.4. The first-order valence-corrected chi connectivity index (χ1v) is 7.62. The quantitative estimate of drug-likeness (QED) is 0.848. The van der Waals surface area contributed by atoms with E-state index in [0.29, 0.717) is 11.4 Å². The maximum absolute atomic E-state index is 13.1. The molecule has 2 nitrogen and oxygen atoms in total. The van der Waals surface area contributed by atoms with Gasteiger partial charge in [0.2, 0.25) is 0 Å². The van der Waals surface area contributed by atoms with Crippen LogP contribution in [0, 0.1) is 5.82 Å². The van der Waals surface area contributed by atoms with Crippen molar-refractivity contribution in [1.82, 2.24) is 0 Å². The summed E-state index contributed by atoms with van der Waals surface area (Å²) in [6, 6.07) is 4.30. The maximum Gasteiger partial charge on any atom is 0.124 e. The van der Waals surface area contributed by atoms with Crippen molar-refractivity contribution in [3.05, 3.63) is 34.6 Å². The minimum absolute atomic E-state index is 0.357. The van der Waals surface area contributed by atoms with Crippen LogP contribution in [0.4, 0.5) is 4.39 Å². The number of methoxy groups -OCH3 is 1. The van der Waals surface area contributed by atoms with Crippen molar-refractivity contribution in [2.45, 2.75) is 56.7 Å². The SMILES string of the molecule is COC1(C(O)Cc2ccc(F)cc2Cl)CCCCCC1. The van der Waals surface area contributed by atoms with Gasteiger partial charge in [0.05, 0.1) is 11.7 Å². The fourth-order valence-electron chi connectivity index (χ4n) is 3.08. The molecule has 0 amide bonds. The maximum atomic E-state index is 13.1. The van der Waals surface area contributed by atoms with Crippen molar-refractivity contribution in [1.29, 1.82) is 0 Å². The van der Waals surface area contributed by atoms with Crippen LogP contribution in [0.3, 0.4) is 0 Å². The van der Waals surface area contributed by atoms with Gasteiger partial charge in [0.1, 0.15) is 5.82 Å². The molecule has 1 aromatic rings. The van der Waals surface area contributed by atoms with Crippen LogP contribution in [0.2, 0.25) is 5.02 Å². The van der Waals surface area contributed by atoms with Crippen molar-refractivity contribution >= 4 is 11.6 Å². The highest BCUT2D eigenvalue weighted by Crippen LogP contribution is 2.35. The van der Waals surface area contributed by atoms with Gasteiger partial charge >= 0.3 is 0 Å². The summed E-state index contributed by atoms with van der Waals surface area (Å²) in [5.41, 5.74) is 0.273. The van der Waals surface area contributed by atoms with Crippen molar-refractivity contribution in [2.24, 2.45) is 0 Å². The lowest BCUT2D eigenvalue weighted by molar-refractivity contribution is -0.111. The summed E-state index contributed by atoms with van der Waals surface area (Å²) in [4.78, 5) is 0. The third-order valence-corrected chi connectivity index (χ3v) is 4.74. The standard InChI is InChI=1S/C16H22ClFO2/c1-20-16(8-4-2-3-5-9-16)15(19)10-12-6-7-13(18)11-14(12)17/h6-7,11,15,19H,2-5,8-10H2,1H3. The van der Waals surface area contributed by atoms with Gasteiger partial charge in [-0.3, -0.25) is 0 Å². The second-order valence-corrected chi connectivity index (χ2v) is 6.05. The zero-order valence-corrected chi connectivity index (χ0v) is 12.6. The van der Waals surface area contributed by atoms with Crippen LogP contribution >= 0.6 is 11.6 Å². The number of aliphatic hydroxyl groups excluding tert-OH is 1. The van der Waals surface area contributed by atoms with Crippen LogP contribution in [-0.4, -0.2) is 23.9 Å². The molecule has 1 aliphatic rings. The molecule has 0 heterocycles. The molecule has 0 bridgehead atoms. The predicted molar refractivity (Wildman–Crippen MR) is 78.6 cm³/mol. The molecule has 0 radical (unpaired) electrons. The molecule has 2 rings (SSSR count). The van der Waals surface area contributed by atoms with E-state index in [1.807, 2.05) is 0 Å². The zero-order valence-electron chi connectivity index (χ0n) is 11.9. The van der Waals surface area contributed by atoms with E-state index < -0.39 is 11.7 Å². The Morgan fingerprint density at radius 1 is 1.30 bits per heavy atom. The number of hydrogen-bond acceptors (Lipinski definition) is 2. The van der Waals surface area contributed by atoms with Gasteiger partial charge in [-0.05, 0) is 30.5 Å². The topological polar surface area (TPSA) is 29.5 Å². The molecular formula is C16H22ClFO2. The van der Waals surface area contributed by atoms with E-state index in [-0.39, 0.29) is 5.82 Å².